The SMILES string of the molecule is Cc1ccc(/C=C(\Cl)c2nc3sc(C(=O)O)c(C)c3c(=O)[nH]2)cc1. The first-order chi connectivity index (χ1) is 11.4. The highest BCUT2D eigenvalue weighted by atomic mass is 35.5. The van der Waals surface area contributed by atoms with Crippen molar-refractivity contribution in [2.45, 2.75) is 13.8 Å². The van der Waals surface area contributed by atoms with E-state index in [2.05, 4.69) is 9.97 Å². The van der Waals surface area contributed by atoms with Gasteiger partial charge in [-0.1, -0.05) is 41.4 Å². The number of aryl methyl sites for hydroxylation is 2. The molecular formula is C17H13ClN2O3S. The van der Waals surface area contributed by atoms with Crippen LogP contribution in [-0.2, 0) is 0 Å². The number of hydrogen-bond acceptors (Lipinski definition) is 4. The predicted molar refractivity (Wildman–Crippen MR) is 96.8 cm³/mol. The summed E-state index contributed by atoms with van der Waals surface area (Å²) in [6.07, 6.45) is 1.70. The molecule has 0 spiro atoms. The Kier molecular flexibility index (Phi) is 4.26. The summed E-state index contributed by atoms with van der Waals surface area (Å²) in [7, 11) is 0. The molecule has 0 atom stereocenters. The summed E-state index contributed by atoms with van der Waals surface area (Å²) in [6, 6.07) is 7.73. The Labute approximate surface area is 146 Å². The molecular weight excluding hydrogens is 348 g/mol. The van der Waals surface area contributed by atoms with Crippen LogP contribution in [0.4, 0.5) is 0 Å². The highest BCUT2D eigenvalue weighted by Crippen LogP contribution is 2.28. The number of carbonyl (C=O) groups is 1. The Morgan fingerprint density at radius 3 is 2.58 bits per heavy atom. The molecule has 0 fully saturated rings. The van der Waals surface area contributed by atoms with Gasteiger partial charge in [0.05, 0.1) is 10.4 Å². The zero-order valence-electron chi connectivity index (χ0n) is 12.9. The van der Waals surface area contributed by atoms with Gasteiger partial charge < -0.3 is 10.1 Å². The van der Waals surface area contributed by atoms with Gasteiger partial charge in [-0.15, -0.1) is 11.3 Å². The Balaban J connectivity index is 2.11. The summed E-state index contributed by atoms with van der Waals surface area (Å²) in [5.74, 6) is -0.856. The number of carboxylic acid groups (broad SMARTS) is 1. The van der Waals surface area contributed by atoms with Crippen molar-refractivity contribution < 1.29 is 9.90 Å². The number of fused-ring (bicyclic) bond motifs is 1. The summed E-state index contributed by atoms with van der Waals surface area (Å²) in [4.78, 5) is 30.9. The predicted octanol–water partition coefficient (Wildman–Crippen LogP) is 4.04. The fourth-order valence-electron chi connectivity index (χ4n) is 2.34. The fourth-order valence-corrected chi connectivity index (χ4v) is 3.57. The van der Waals surface area contributed by atoms with Crippen LogP contribution in [0.5, 0.6) is 0 Å². The van der Waals surface area contributed by atoms with Crippen LogP contribution in [-0.4, -0.2) is 21.0 Å². The third kappa shape index (κ3) is 2.98. The number of H-pyrrole nitrogens is 1. The van der Waals surface area contributed by atoms with Crippen LogP contribution < -0.4 is 5.56 Å². The van der Waals surface area contributed by atoms with Crippen molar-refractivity contribution in [1.82, 2.24) is 9.97 Å². The van der Waals surface area contributed by atoms with Gasteiger partial charge in [0.2, 0.25) is 0 Å². The monoisotopic (exact) mass is 360 g/mol. The number of hydrogen-bond donors (Lipinski definition) is 2. The number of nitrogens with one attached hydrogen (secondary N) is 1. The van der Waals surface area contributed by atoms with Crippen LogP contribution in [0.25, 0.3) is 21.3 Å². The van der Waals surface area contributed by atoms with Crippen molar-refractivity contribution in [2.24, 2.45) is 0 Å². The molecule has 2 N–H and O–H groups in total. The molecule has 122 valence electrons. The second kappa shape index (κ2) is 6.22. The molecule has 0 saturated heterocycles. The van der Waals surface area contributed by atoms with E-state index in [4.69, 9.17) is 11.6 Å². The number of rotatable bonds is 3. The molecule has 1 aromatic carbocycles. The molecule has 2 aromatic heterocycles. The molecule has 0 amide bonds. The van der Waals surface area contributed by atoms with E-state index in [1.165, 1.54) is 0 Å². The van der Waals surface area contributed by atoms with Crippen LogP contribution >= 0.6 is 22.9 Å². The van der Waals surface area contributed by atoms with Gasteiger partial charge in [0.1, 0.15) is 9.71 Å². The molecule has 7 heteroatoms. The second-order valence-corrected chi connectivity index (χ2v) is 6.77. The number of nitrogens with zero attached hydrogens (tertiary/aromatic N) is 1. The van der Waals surface area contributed by atoms with Crippen LogP contribution in [0, 0.1) is 13.8 Å². The molecule has 0 aliphatic heterocycles. The lowest BCUT2D eigenvalue weighted by atomic mass is 10.1. The van der Waals surface area contributed by atoms with Gasteiger partial charge in [-0.05, 0) is 31.1 Å². The van der Waals surface area contributed by atoms with Gasteiger partial charge in [-0.3, -0.25) is 4.79 Å². The molecule has 0 aliphatic carbocycles. The molecule has 24 heavy (non-hydrogen) atoms. The highest BCUT2D eigenvalue weighted by molar-refractivity contribution is 7.20. The van der Waals surface area contributed by atoms with Gasteiger partial charge in [0.15, 0.2) is 5.82 Å². The lowest BCUT2D eigenvalue weighted by Gasteiger charge is -2.01. The molecule has 3 aromatic rings. The Morgan fingerprint density at radius 2 is 1.96 bits per heavy atom. The minimum absolute atomic E-state index is 0.110. The van der Waals surface area contributed by atoms with E-state index in [-0.39, 0.29) is 15.7 Å². The minimum Gasteiger partial charge on any atom is -0.477 e. The Bertz CT molecular complexity index is 1030. The molecule has 3 rings (SSSR count). The third-order valence-electron chi connectivity index (χ3n) is 3.59. The van der Waals surface area contributed by atoms with Crippen molar-refractivity contribution in [1.29, 1.82) is 0 Å². The summed E-state index contributed by atoms with van der Waals surface area (Å²) >= 11 is 7.25. The number of benzene rings is 1. The van der Waals surface area contributed by atoms with Crippen molar-refractivity contribution >= 4 is 50.2 Å². The Morgan fingerprint density at radius 1 is 1.29 bits per heavy atom. The quantitative estimate of drug-likeness (QED) is 0.738. The van der Waals surface area contributed by atoms with E-state index < -0.39 is 11.5 Å². The van der Waals surface area contributed by atoms with Gasteiger partial charge >= 0.3 is 5.97 Å². The lowest BCUT2D eigenvalue weighted by molar-refractivity contribution is 0.0701. The van der Waals surface area contributed by atoms with E-state index in [0.717, 1.165) is 22.5 Å². The smallest absolute Gasteiger partial charge is 0.346 e. The number of aromatic carboxylic acids is 1. The van der Waals surface area contributed by atoms with Gasteiger partial charge in [0, 0.05) is 0 Å². The van der Waals surface area contributed by atoms with E-state index in [1.807, 2.05) is 31.2 Å². The van der Waals surface area contributed by atoms with Gasteiger partial charge in [-0.2, -0.15) is 0 Å². The van der Waals surface area contributed by atoms with E-state index in [9.17, 15) is 14.7 Å². The third-order valence-corrected chi connectivity index (χ3v) is 5.05. The zero-order chi connectivity index (χ0) is 17.4. The maximum absolute atomic E-state index is 12.3. The summed E-state index contributed by atoms with van der Waals surface area (Å²) in [5.41, 5.74) is 2.03. The van der Waals surface area contributed by atoms with Crippen LogP contribution in [0.1, 0.15) is 32.2 Å². The van der Waals surface area contributed by atoms with Crippen molar-refractivity contribution in [3.8, 4) is 0 Å². The summed E-state index contributed by atoms with van der Waals surface area (Å²) in [5, 5.41) is 9.76. The molecule has 0 aliphatic rings. The van der Waals surface area contributed by atoms with E-state index in [1.54, 1.807) is 13.0 Å². The number of thiophene rings is 1. The normalized spacial score (nSPS) is 11.9. The first-order valence-corrected chi connectivity index (χ1v) is 8.27. The maximum Gasteiger partial charge on any atom is 0.346 e. The van der Waals surface area contributed by atoms with Crippen molar-refractivity contribution in [3.63, 3.8) is 0 Å². The topological polar surface area (TPSA) is 83.0 Å². The molecule has 0 unspecified atom stereocenters. The zero-order valence-corrected chi connectivity index (χ0v) is 14.5. The molecule has 2 heterocycles. The number of aromatic amines is 1. The van der Waals surface area contributed by atoms with Crippen molar-refractivity contribution in [3.05, 3.63) is 62.0 Å². The average Bonchev–Trinajstić information content (AvgIpc) is 2.87. The fraction of sp³-hybridized carbons (Fsp3) is 0.118. The molecule has 0 saturated carbocycles. The van der Waals surface area contributed by atoms with Gasteiger partial charge in [-0.25, -0.2) is 9.78 Å². The van der Waals surface area contributed by atoms with Crippen LogP contribution in [0.2, 0.25) is 0 Å². The first-order valence-electron chi connectivity index (χ1n) is 7.08. The lowest BCUT2D eigenvalue weighted by Crippen LogP contribution is -2.10. The molecule has 0 radical (unpaired) electrons. The van der Waals surface area contributed by atoms with Crippen molar-refractivity contribution in [2.75, 3.05) is 0 Å². The molecule has 0 bridgehead atoms. The first kappa shape index (κ1) is 16.4. The highest BCUT2D eigenvalue weighted by Gasteiger charge is 2.19. The maximum atomic E-state index is 12.3. The number of halogens is 1. The number of aromatic nitrogens is 2. The molecule has 5 nitrogen and oxygen atoms in total. The van der Waals surface area contributed by atoms with Crippen LogP contribution in [0.3, 0.4) is 0 Å². The van der Waals surface area contributed by atoms with Gasteiger partial charge in [0.25, 0.3) is 5.56 Å². The second-order valence-electron chi connectivity index (χ2n) is 5.36. The summed E-state index contributed by atoms with van der Waals surface area (Å²) in [6.45, 7) is 3.59. The average molecular weight is 361 g/mol. The van der Waals surface area contributed by atoms with Crippen LogP contribution in [0.15, 0.2) is 29.1 Å². The Hall–Kier alpha value is -2.44. The standard InChI is InChI=1S/C17H13ClN2O3S/c1-8-3-5-10(6-4-8)7-11(18)14-19-15(21)12-9(2)13(17(22)23)24-16(12)20-14/h3-7H,1-2H3,(H,22,23)(H,19,20,21)/b11-7-. The summed E-state index contributed by atoms with van der Waals surface area (Å²) < 4.78 is 0. The van der Waals surface area contributed by atoms with E-state index >= 15 is 0 Å². The number of carboxylic acids is 1. The van der Waals surface area contributed by atoms with E-state index in [0.29, 0.717) is 15.8 Å². The largest absolute Gasteiger partial charge is 0.477 e. The minimum atomic E-state index is -1.07.